The molecule has 0 fully saturated rings. The first kappa shape index (κ1) is 60.8. The van der Waals surface area contributed by atoms with E-state index in [4.69, 9.17) is 19.4 Å². The van der Waals surface area contributed by atoms with Gasteiger partial charge < -0.3 is 58.4 Å². The van der Waals surface area contributed by atoms with E-state index in [1.54, 1.807) is 50.2 Å². The van der Waals surface area contributed by atoms with E-state index in [9.17, 15) is 49.2 Å². The summed E-state index contributed by atoms with van der Waals surface area (Å²) < 4.78 is 14.2. The zero-order chi connectivity index (χ0) is 55.4. The van der Waals surface area contributed by atoms with Gasteiger partial charge >= 0.3 is 71.1 Å². The number of aliphatic hydroxyl groups is 2. The summed E-state index contributed by atoms with van der Waals surface area (Å²) in [5.41, 5.74) is 7.23. The molecule has 4 aromatic carbocycles. The number of aryl methyl sites for hydroxylation is 2. The molecule has 0 saturated heterocycles. The summed E-state index contributed by atoms with van der Waals surface area (Å²) in [6, 6.07) is 27.0. The fourth-order valence-corrected chi connectivity index (χ4v) is 10.9. The smallest absolute Gasteiger partial charge is 0.545 e. The number of ether oxygens (including phenoxy) is 2. The molecular formula is C60H60N6Na2O12. The van der Waals surface area contributed by atoms with Crippen LogP contribution in [0.3, 0.4) is 0 Å². The van der Waals surface area contributed by atoms with Gasteiger partial charge in [-0.15, -0.1) is 0 Å². The Hall–Kier alpha value is -6.80. The van der Waals surface area contributed by atoms with Gasteiger partial charge in [0.15, 0.2) is 11.1 Å². The molecule has 2 N–H and O–H groups in total. The first-order valence-corrected chi connectivity index (χ1v) is 26.5. The minimum Gasteiger partial charge on any atom is -0.545 e. The number of carboxylic acids is 2. The number of aromatic nitrogens is 4. The SMILES string of the molecule is CCCCc1nc2c(n1Cc1ccc(-c3ccccc3C(=O)[O-])cc1)C1C(O)=C(C(=O)OCC)C(=O)N1CC2.CCCCc1nc2c(n1Cc1ccc(-c3ccccc3C(=O)[O-])cc1)C1C(O)=C(C(=O)OCC)C(=O)N1CC2.[Na+].[Na+]. The van der Waals surface area contributed by atoms with Crippen molar-refractivity contribution in [3.63, 3.8) is 0 Å². The van der Waals surface area contributed by atoms with Gasteiger partial charge in [-0.2, -0.15) is 0 Å². The molecule has 6 heterocycles. The van der Waals surface area contributed by atoms with Crippen molar-refractivity contribution in [2.75, 3.05) is 26.3 Å². The van der Waals surface area contributed by atoms with E-state index < -0.39 is 47.8 Å². The largest absolute Gasteiger partial charge is 1.00 e. The molecule has 6 aromatic rings. The molecule has 0 aliphatic carbocycles. The molecule has 0 radical (unpaired) electrons. The second kappa shape index (κ2) is 26.6. The quantitative estimate of drug-likeness (QED) is 0.0666. The summed E-state index contributed by atoms with van der Waals surface area (Å²) in [4.78, 5) is 87.2. The number of fused-ring (bicyclic) bond motifs is 6. The maximum atomic E-state index is 13.1. The van der Waals surface area contributed by atoms with Crippen molar-refractivity contribution >= 4 is 35.7 Å². The van der Waals surface area contributed by atoms with Gasteiger partial charge in [0, 0.05) is 63.0 Å². The van der Waals surface area contributed by atoms with Crippen LogP contribution in [0.2, 0.25) is 0 Å². The fourth-order valence-electron chi connectivity index (χ4n) is 10.9. The molecule has 18 nitrogen and oxygen atoms in total. The van der Waals surface area contributed by atoms with Crippen LogP contribution in [0.5, 0.6) is 0 Å². The van der Waals surface area contributed by atoms with Crippen LogP contribution < -0.4 is 69.3 Å². The molecule has 2 aromatic heterocycles. The Morgan fingerprint density at radius 3 is 1.26 bits per heavy atom. The number of hydrogen-bond donors (Lipinski definition) is 2. The van der Waals surface area contributed by atoms with Gasteiger partial charge in [-0.05, 0) is 60.1 Å². The van der Waals surface area contributed by atoms with E-state index in [1.165, 1.54) is 21.9 Å². The van der Waals surface area contributed by atoms with E-state index >= 15 is 0 Å². The van der Waals surface area contributed by atoms with Gasteiger partial charge in [0.1, 0.15) is 35.3 Å². The monoisotopic (exact) mass is 1100 g/mol. The van der Waals surface area contributed by atoms with E-state index in [1.807, 2.05) is 57.7 Å². The number of carbonyl (C=O) groups is 6. The van der Waals surface area contributed by atoms with E-state index in [0.717, 1.165) is 83.8 Å². The molecule has 2 amide bonds. The van der Waals surface area contributed by atoms with Crippen LogP contribution in [0.15, 0.2) is 120 Å². The van der Waals surface area contributed by atoms with Crippen molar-refractivity contribution in [3.05, 3.63) is 176 Å². The molecule has 0 saturated carbocycles. The van der Waals surface area contributed by atoms with Crippen LogP contribution in [-0.2, 0) is 67.4 Å². The van der Waals surface area contributed by atoms with Crippen LogP contribution >= 0.6 is 0 Å². The van der Waals surface area contributed by atoms with Gasteiger partial charge in [0.2, 0.25) is 0 Å². The molecule has 80 heavy (non-hydrogen) atoms. The first-order valence-electron chi connectivity index (χ1n) is 26.5. The minimum absolute atomic E-state index is 0. The summed E-state index contributed by atoms with van der Waals surface area (Å²) in [5.74, 6) is -4.02. The summed E-state index contributed by atoms with van der Waals surface area (Å²) in [6.07, 6.45) is 6.33. The Balaban J connectivity index is 0.000000225. The third-order valence-corrected chi connectivity index (χ3v) is 14.6. The van der Waals surface area contributed by atoms with Gasteiger partial charge in [-0.1, -0.05) is 124 Å². The van der Waals surface area contributed by atoms with Crippen molar-refractivity contribution < 1.29 is 118 Å². The number of unbranched alkanes of at least 4 members (excludes halogenated alkanes) is 2. The van der Waals surface area contributed by atoms with Crippen LogP contribution in [0, 0.1) is 0 Å². The molecule has 20 heteroatoms. The van der Waals surface area contributed by atoms with Crippen molar-refractivity contribution in [3.8, 4) is 22.3 Å². The van der Waals surface area contributed by atoms with E-state index in [2.05, 4.69) is 13.8 Å². The van der Waals surface area contributed by atoms with Crippen LogP contribution in [0.1, 0.15) is 132 Å². The summed E-state index contributed by atoms with van der Waals surface area (Å²) in [5, 5.41) is 45.4. The number of aliphatic hydroxyl groups excluding tert-OH is 2. The average Bonchev–Trinajstić information content (AvgIpc) is 4.34. The predicted octanol–water partition coefficient (Wildman–Crippen LogP) is 0.246. The molecule has 0 spiro atoms. The second-order valence-corrected chi connectivity index (χ2v) is 19.4. The molecule has 10 rings (SSSR count). The topological polar surface area (TPSA) is 250 Å². The minimum atomic E-state index is -1.23. The number of benzene rings is 4. The standard InChI is InChI=1S/2C30H31N3O6.2Na/c2*1-3-5-10-23-31-22-15-16-32-26(27(34)24(28(32)35)30(38)39-4-2)25(22)33(23)17-18-11-13-19(14-12-18)20-8-6-7-9-21(20)29(36)37;;/h2*6-9,11-14,26,34H,3-5,10,15-17H2,1-2H3,(H,36,37);;/q;;2*+1/p-2. The number of imidazole rings is 2. The van der Waals surface area contributed by atoms with Gasteiger partial charge in [-0.25, -0.2) is 19.6 Å². The Morgan fingerprint density at radius 1 is 0.562 bits per heavy atom. The zero-order valence-electron chi connectivity index (χ0n) is 46.0. The van der Waals surface area contributed by atoms with Gasteiger partial charge in [0.05, 0.1) is 47.9 Å². The Bertz CT molecular complexity index is 3180. The van der Waals surface area contributed by atoms with Gasteiger partial charge in [0.25, 0.3) is 11.8 Å². The molecule has 404 valence electrons. The molecule has 4 aliphatic heterocycles. The van der Waals surface area contributed by atoms with E-state index in [-0.39, 0.29) is 106 Å². The van der Waals surface area contributed by atoms with Crippen molar-refractivity contribution in [1.82, 2.24) is 28.9 Å². The number of amides is 2. The molecular weight excluding hydrogens is 1040 g/mol. The number of hydrogen-bond acceptors (Lipinski definition) is 14. The molecule has 4 aliphatic rings. The number of carbonyl (C=O) groups excluding carboxylic acids is 6. The number of esters is 2. The predicted molar refractivity (Wildman–Crippen MR) is 281 cm³/mol. The van der Waals surface area contributed by atoms with Crippen molar-refractivity contribution in [2.45, 2.75) is 104 Å². The van der Waals surface area contributed by atoms with Crippen LogP contribution in [0.4, 0.5) is 0 Å². The van der Waals surface area contributed by atoms with Crippen LogP contribution in [0.25, 0.3) is 22.3 Å². The summed E-state index contributed by atoms with van der Waals surface area (Å²) in [6.45, 7) is 9.27. The third-order valence-electron chi connectivity index (χ3n) is 14.6. The zero-order valence-corrected chi connectivity index (χ0v) is 50.0. The first-order chi connectivity index (χ1) is 37.7. The summed E-state index contributed by atoms with van der Waals surface area (Å²) >= 11 is 0. The Kier molecular flexibility index (Phi) is 20.3. The van der Waals surface area contributed by atoms with Crippen molar-refractivity contribution in [2.24, 2.45) is 0 Å². The van der Waals surface area contributed by atoms with E-state index in [0.29, 0.717) is 61.5 Å². The number of carboxylic acid groups (broad SMARTS) is 2. The van der Waals surface area contributed by atoms with Crippen molar-refractivity contribution in [1.29, 1.82) is 0 Å². The molecule has 2 atom stereocenters. The third kappa shape index (κ3) is 12.0. The fraction of sp³-hybridized carbons (Fsp3) is 0.333. The van der Waals surface area contributed by atoms with Gasteiger partial charge in [-0.3, -0.25) is 9.59 Å². The Labute approximate surface area is 507 Å². The maximum Gasteiger partial charge on any atom is 1.00 e. The van der Waals surface area contributed by atoms with Crippen LogP contribution in [-0.4, -0.2) is 101 Å². The number of aromatic carboxylic acids is 2. The summed E-state index contributed by atoms with van der Waals surface area (Å²) in [7, 11) is 0. The maximum absolute atomic E-state index is 13.1. The molecule has 0 bridgehead atoms. The molecule has 2 unspecified atom stereocenters. The normalized spacial score (nSPS) is 15.9. The average molecular weight is 1100 g/mol. The number of nitrogens with zero attached hydrogens (tertiary/aromatic N) is 6. The Morgan fingerprint density at radius 2 is 0.925 bits per heavy atom. The second-order valence-electron chi connectivity index (χ2n) is 19.4. The number of rotatable bonds is 18.